The molecule has 2 heterocycles. The summed E-state index contributed by atoms with van der Waals surface area (Å²) in [5.74, 6) is 0. The lowest BCUT2D eigenvalue weighted by Gasteiger charge is -1.91. The molecule has 15 heavy (non-hydrogen) atoms. The van der Waals surface area contributed by atoms with Crippen molar-refractivity contribution in [1.82, 2.24) is 9.97 Å². The summed E-state index contributed by atoms with van der Waals surface area (Å²) in [7, 11) is 0. The number of hydrogen-bond acceptors (Lipinski definition) is 3. The van der Waals surface area contributed by atoms with Crippen molar-refractivity contribution in [2.75, 3.05) is 0 Å². The SMILES string of the molecule is Clc1ncnc2c1sc1c(Br)cccc12. The predicted molar refractivity (Wildman–Crippen MR) is 67.6 cm³/mol. The van der Waals surface area contributed by atoms with Gasteiger partial charge in [0.1, 0.15) is 11.5 Å². The van der Waals surface area contributed by atoms with Crippen molar-refractivity contribution in [3.05, 3.63) is 34.2 Å². The molecule has 0 aliphatic carbocycles. The summed E-state index contributed by atoms with van der Waals surface area (Å²) in [4.78, 5) is 8.25. The third-order valence-corrected chi connectivity index (χ3v) is 4.74. The number of rotatable bonds is 0. The van der Waals surface area contributed by atoms with Gasteiger partial charge in [0.25, 0.3) is 0 Å². The van der Waals surface area contributed by atoms with Crippen LogP contribution in [0.25, 0.3) is 20.3 Å². The maximum Gasteiger partial charge on any atom is 0.150 e. The first-order chi connectivity index (χ1) is 7.27. The molecule has 0 unspecified atom stereocenters. The lowest BCUT2D eigenvalue weighted by Crippen LogP contribution is -1.78. The molecule has 0 aliphatic heterocycles. The van der Waals surface area contributed by atoms with Crippen LogP contribution in [-0.2, 0) is 0 Å². The first-order valence-corrected chi connectivity index (χ1v) is 6.23. The molecule has 0 bridgehead atoms. The maximum atomic E-state index is 6.02. The summed E-state index contributed by atoms with van der Waals surface area (Å²) >= 11 is 11.2. The number of fused-ring (bicyclic) bond motifs is 3. The van der Waals surface area contributed by atoms with Crippen molar-refractivity contribution < 1.29 is 0 Å². The van der Waals surface area contributed by atoms with Gasteiger partial charge in [-0.05, 0) is 22.0 Å². The Morgan fingerprint density at radius 2 is 2.07 bits per heavy atom. The quantitative estimate of drug-likeness (QED) is 0.580. The number of hydrogen-bond donors (Lipinski definition) is 0. The Hall–Kier alpha value is -0.710. The van der Waals surface area contributed by atoms with Crippen LogP contribution in [0.2, 0.25) is 5.15 Å². The van der Waals surface area contributed by atoms with Gasteiger partial charge in [0.15, 0.2) is 0 Å². The zero-order chi connectivity index (χ0) is 10.4. The summed E-state index contributed by atoms with van der Waals surface area (Å²) < 4.78 is 3.18. The second kappa shape index (κ2) is 3.40. The fourth-order valence-electron chi connectivity index (χ4n) is 1.54. The minimum Gasteiger partial charge on any atom is -0.235 e. The molecule has 0 spiro atoms. The standard InChI is InChI=1S/C10H4BrClN2S/c11-6-3-1-2-5-7-9(15-8(5)6)10(12)14-4-13-7/h1-4H. The molecule has 5 heteroatoms. The van der Waals surface area contributed by atoms with Gasteiger partial charge in [0.05, 0.1) is 14.9 Å². The minimum atomic E-state index is 0.521. The van der Waals surface area contributed by atoms with E-state index < -0.39 is 0 Å². The van der Waals surface area contributed by atoms with Crippen LogP contribution in [-0.4, -0.2) is 9.97 Å². The highest BCUT2D eigenvalue weighted by Crippen LogP contribution is 2.38. The monoisotopic (exact) mass is 298 g/mol. The molecule has 0 aliphatic rings. The number of aromatic nitrogens is 2. The molecule has 3 rings (SSSR count). The van der Waals surface area contributed by atoms with Crippen molar-refractivity contribution in [3.63, 3.8) is 0 Å². The average Bonchev–Trinajstić information content (AvgIpc) is 2.60. The van der Waals surface area contributed by atoms with Crippen LogP contribution in [0.3, 0.4) is 0 Å². The Balaban J connectivity index is 2.63. The predicted octanol–water partition coefficient (Wildman–Crippen LogP) is 4.26. The minimum absolute atomic E-state index is 0.521. The Morgan fingerprint density at radius 1 is 1.20 bits per heavy atom. The van der Waals surface area contributed by atoms with Gasteiger partial charge in [-0.1, -0.05) is 23.7 Å². The van der Waals surface area contributed by atoms with Gasteiger partial charge < -0.3 is 0 Å². The van der Waals surface area contributed by atoms with Gasteiger partial charge in [-0.3, -0.25) is 0 Å². The molecule has 1 aromatic carbocycles. The number of nitrogens with zero attached hydrogens (tertiary/aromatic N) is 2. The van der Waals surface area contributed by atoms with Gasteiger partial charge in [-0.15, -0.1) is 11.3 Å². The van der Waals surface area contributed by atoms with E-state index in [-0.39, 0.29) is 0 Å². The number of thiophene rings is 1. The second-order valence-corrected chi connectivity index (χ2v) is 5.29. The van der Waals surface area contributed by atoms with Crippen LogP contribution in [0.4, 0.5) is 0 Å². The van der Waals surface area contributed by atoms with E-state index in [1.807, 2.05) is 18.2 Å². The molecule has 3 aromatic rings. The highest BCUT2D eigenvalue weighted by molar-refractivity contribution is 9.10. The van der Waals surface area contributed by atoms with Crippen molar-refractivity contribution in [3.8, 4) is 0 Å². The van der Waals surface area contributed by atoms with Crippen LogP contribution in [0.15, 0.2) is 29.0 Å². The molecule has 0 saturated carbocycles. The smallest absolute Gasteiger partial charge is 0.150 e. The Labute approximate surface area is 103 Å². The van der Waals surface area contributed by atoms with Gasteiger partial charge >= 0.3 is 0 Å². The first-order valence-electron chi connectivity index (χ1n) is 4.24. The second-order valence-electron chi connectivity index (χ2n) is 3.06. The Bertz CT molecular complexity index is 609. The van der Waals surface area contributed by atoms with Gasteiger partial charge in [0, 0.05) is 9.86 Å². The van der Waals surface area contributed by atoms with Gasteiger partial charge in [-0.2, -0.15) is 0 Å². The zero-order valence-corrected chi connectivity index (χ0v) is 10.5. The van der Waals surface area contributed by atoms with Crippen LogP contribution < -0.4 is 0 Å². The molecule has 74 valence electrons. The summed E-state index contributed by atoms with van der Waals surface area (Å²) in [6.07, 6.45) is 1.50. The van der Waals surface area contributed by atoms with E-state index in [1.54, 1.807) is 11.3 Å². The molecule has 0 amide bonds. The van der Waals surface area contributed by atoms with Crippen molar-refractivity contribution in [2.45, 2.75) is 0 Å². The topological polar surface area (TPSA) is 25.8 Å². The van der Waals surface area contributed by atoms with Gasteiger partial charge in [-0.25, -0.2) is 9.97 Å². The Morgan fingerprint density at radius 3 is 2.93 bits per heavy atom. The number of benzene rings is 1. The van der Waals surface area contributed by atoms with Gasteiger partial charge in [0.2, 0.25) is 0 Å². The molecular weight excluding hydrogens is 296 g/mol. The molecule has 2 aromatic heterocycles. The summed E-state index contributed by atoms with van der Waals surface area (Å²) in [5, 5.41) is 1.64. The normalized spacial score (nSPS) is 11.3. The molecule has 0 radical (unpaired) electrons. The molecule has 0 N–H and O–H groups in total. The van der Waals surface area contributed by atoms with Crippen molar-refractivity contribution >= 4 is 59.2 Å². The van der Waals surface area contributed by atoms with Crippen LogP contribution in [0.5, 0.6) is 0 Å². The third kappa shape index (κ3) is 1.36. The molecular formula is C10H4BrClN2S. The summed E-state index contributed by atoms with van der Waals surface area (Å²) in [6, 6.07) is 6.05. The highest BCUT2D eigenvalue weighted by Gasteiger charge is 2.11. The first kappa shape index (κ1) is 9.51. The lowest BCUT2D eigenvalue weighted by atomic mass is 10.2. The van der Waals surface area contributed by atoms with E-state index in [2.05, 4.69) is 25.9 Å². The summed E-state index contributed by atoms with van der Waals surface area (Å²) in [5.41, 5.74) is 0.927. The fraction of sp³-hybridized carbons (Fsp3) is 0. The molecule has 0 fully saturated rings. The molecule has 0 saturated heterocycles. The van der Waals surface area contributed by atoms with E-state index in [1.165, 1.54) is 6.33 Å². The fourth-order valence-corrected chi connectivity index (χ4v) is 3.43. The van der Waals surface area contributed by atoms with E-state index in [9.17, 15) is 0 Å². The van der Waals surface area contributed by atoms with E-state index in [0.717, 1.165) is 24.8 Å². The van der Waals surface area contributed by atoms with Crippen LogP contribution in [0, 0.1) is 0 Å². The van der Waals surface area contributed by atoms with E-state index >= 15 is 0 Å². The van der Waals surface area contributed by atoms with E-state index in [0.29, 0.717) is 5.15 Å². The van der Waals surface area contributed by atoms with Crippen molar-refractivity contribution in [1.29, 1.82) is 0 Å². The number of halogens is 2. The molecule has 2 nitrogen and oxygen atoms in total. The third-order valence-electron chi connectivity index (χ3n) is 2.19. The summed E-state index contributed by atoms with van der Waals surface area (Å²) in [6.45, 7) is 0. The zero-order valence-electron chi connectivity index (χ0n) is 7.37. The van der Waals surface area contributed by atoms with Crippen LogP contribution in [0.1, 0.15) is 0 Å². The molecule has 0 atom stereocenters. The largest absolute Gasteiger partial charge is 0.235 e. The lowest BCUT2D eigenvalue weighted by molar-refractivity contribution is 1.23. The maximum absolute atomic E-state index is 6.02. The van der Waals surface area contributed by atoms with Crippen LogP contribution >= 0.6 is 38.9 Å². The highest BCUT2D eigenvalue weighted by atomic mass is 79.9. The van der Waals surface area contributed by atoms with Crippen molar-refractivity contribution in [2.24, 2.45) is 0 Å². The van der Waals surface area contributed by atoms with E-state index in [4.69, 9.17) is 11.6 Å². The Kier molecular flexibility index (Phi) is 2.16. The average molecular weight is 300 g/mol.